The van der Waals surface area contributed by atoms with Crippen molar-refractivity contribution in [3.63, 3.8) is 0 Å². The van der Waals surface area contributed by atoms with E-state index in [4.69, 9.17) is 10.2 Å². The van der Waals surface area contributed by atoms with E-state index >= 15 is 0 Å². The van der Waals surface area contributed by atoms with Gasteiger partial charge in [0.1, 0.15) is 23.2 Å². The first-order chi connectivity index (χ1) is 20.3. The summed E-state index contributed by atoms with van der Waals surface area (Å²) < 4.78 is 18.9. The van der Waals surface area contributed by atoms with Crippen molar-refractivity contribution in [1.82, 2.24) is 4.98 Å². The Morgan fingerprint density at radius 1 is 0.977 bits per heavy atom. The van der Waals surface area contributed by atoms with E-state index in [1.807, 2.05) is 30.3 Å². The zero-order valence-electron chi connectivity index (χ0n) is 22.5. The van der Waals surface area contributed by atoms with Gasteiger partial charge in [0.25, 0.3) is 5.91 Å². The van der Waals surface area contributed by atoms with Gasteiger partial charge in [0, 0.05) is 22.9 Å². The van der Waals surface area contributed by atoms with Crippen molar-refractivity contribution in [1.29, 1.82) is 5.26 Å². The third kappa shape index (κ3) is 7.05. The van der Waals surface area contributed by atoms with E-state index in [1.54, 1.807) is 24.3 Å². The molecule has 0 bridgehead atoms. The molecular weight excluding hydrogens is 573 g/mol. The first kappa shape index (κ1) is 30.5. The van der Waals surface area contributed by atoms with Crippen LogP contribution in [0.4, 0.5) is 15.9 Å². The van der Waals surface area contributed by atoms with E-state index in [1.165, 1.54) is 30.5 Å². The monoisotopic (exact) mass is 597 g/mol. The fourth-order valence-electron chi connectivity index (χ4n) is 4.37. The molecule has 2 amide bonds. The summed E-state index contributed by atoms with van der Waals surface area (Å²) in [5.74, 6) is -2.18. The molecule has 0 aliphatic rings. The Labute approximate surface area is 252 Å². The van der Waals surface area contributed by atoms with Crippen molar-refractivity contribution >= 4 is 35.7 Å². The van der Waals surface area contributed by atoms with Gasteiger partial charge < -0.3 is 25.9 Å². The van der Waals surface area contributed by atoms with E-state index in [0.29, 0.717) is 23.2 Å². The number of rotatable bonds is 8. The molecule has 3 aromatic carbocycles. The summed E-state index contributed by atoms with van der Waals surface area (Å²) in [5.41, 5.74) is 8.68. The molecule has 0 spiro atoms. The first-order valence-electron chi connectivity index (χ1n) is 12.8. The lowest BCUT2D eigenvalue weighted by atomic mass is 9.97. The second-order valence-electron chi connectivity index (χ2n) is 9.35. The predicted molar refractivity (Wildman–Crippen MR) is 162 cm³/mol. The molecule has 5 aromatic rings. The molecule has 0 saturated heterocycles. The summed E-state index contributed by atoms with van der Waals surface area (Å²) in [6.07, 6.45) is 1.68. The highest BCUT2D eigenvalue weighted by Gasteiger charge is 2.21. The van der Waals surface area contributed by atoms with Gasteiger partial charge in [-0.2, -0.15) is 5.26 Å². The van der Waals surface area contributed by atoms with Crippen LogP contribution in [0.5, 0.6) is 5.75 Å². The number of phenols is 1. The third-order valence-corrected chi connectivity index (χ3v) is 6.42. The van der Waals surface area contributed by atoms with Gasteiger partial charge in [-0.05, 0) is 60.0 Å². The zero-order chi connectivity index (χ0) is 29.6. The highest BCUT2D eigenvalue weighted by Crippen LogP contribution is 2.36. The summed E-state index contributed by atoms with van der Waals surface area (Å²) in [6.45, 7) is 0. The summed E-state index contributed by atoms with van der Waals surface area (Å²) in [6, 6.07) is 25.4. The molecule has 5 rings (SSSR count). The Morgan fingerprint density at radius 2 is 1.77 bits per heavy atom. The molecule has 5 N–H and O–H groups in total. The van der Waals surface area contributed by atoms with Gasteiger partial charge in [0.05, 0.1) is 18.0 Å². The fraction of sp³-hybridized carbons (Fsp3) is 0.0625. The smallest absolute Gasteiger partial charge is 0.292 e. The minimum atomic E-state index is -0.803. The number of halogens is 2. The molecule has 1 atom stereocenters. The van der Waals surface area contributed by atoms with Gasteiger partial charge in [-0.15, -0.1) is 12.4 Å². The number of anilines is 2. The van der Waals surface area contributed by atoms with E-state index in [9.17, 15) is 24.3 Å². The third-order valence-electron chi connectivity index (χ3n) is 6.42. The number of phenolic OH excluding ortho intramolecular Hbond substituents is 1. The normalized spacial score (nSPS) is 11.1. The Hall–Kier alpha value is -5.50. The Balaban J connectivity index is 0.00000423. The van der Waals surface area contributed by atoms with Gasteiger partial charge in [0.2, 0.25) is 5.91 Å². The molecule has 9 nitrogen and oxygen atoms in total. The number of furan rings is 1. The molecule has 0 radical (unpaired) electrons. The van der Waals surface area contributed by atoms with Crippen LogP contribution >= 0.6 is 12.4 Å². The van der Waals surface area contributed by atoms with Gasteiger partial charge in [-0.3, -0.25) is 9.59 Å². The lowest BCUT2D eigenvalue weighted by Crippen LogP contribution is -2.37. The Bertz CT molecular complexity index is 1810. The molecule has 0 saturated carbocycles. The molecular formula is C32H25ClFN5O4. The number of amides is 2. The summed E-state index contributed by atoms with van der Waals surface area (Å²) in [4.78, 5) is 30.1. The minimum absolute atomic E-state index is 0. The van der Waals surface area contributed by atoms with Gasteiger partial charge in [0.15, 0.2) is 11.6 Å². The van der Waals surface area contributed by atoms with Crippen molar-refractivity contribution in [3.8, 4) is 34.2 Å². The number of aromatic hydroxyl groups is 1. The number of carbonyl (C=O) groups is 2. The molecule has 43 heavy (non-hydrogen) atoms. The number of hydrogen-bond donors (Lipinski definition) is 4. The van der Waals surface area contributed by atoms with Crippen LogP contribution in [-0.2, 0) is 11.2 Å². The summed E-state index contributed by atoms with van der Waals surface area (Å²) >= 11 is 0. The number of benzene rings is 3. The molecule has 2 aromatic heterocycles. The van der Waals surface area contributed by atoms with E-state index in [2.05, 4.69) is 21.7 Å². The van der Waals surface area contributed by atoms with E-state index in [0.717, 1.165) is 17.7 Å². The summed E-state index contributed by atoms with van der Waals surface area (Å²) in [7, 11) is 0. The van der Waals surface area contributed by atoms with Crippen LogP contribution in [0.15, 0.2) is 102 Å². The number of nitrogens with two attached hydrogens (primary N) is 1. The predicted octanol–water partition coefficient (Wildman–Crippen LogP) is 5.91. The van der Waals surface area contributed by atoms with Gasteiger partial charge in [-0.25, -0.2) is 9.37 Å². The quantitative estimate of drug-likeness (QED) is 0.173. The molecule has 216 valence electrons. The lowest BCUT2D eigenvalue weighted by Gasteiger charge is -2.16. The van der Waals surface area contributed by atoms with Crippen LogP contribution in [0.2, 0.25) is 0 Å². The second-order valence-corrected chi connectivity index (χ2v) is 9.35. The first-order valence-corrected chi connectivity index (χ1v) is 12.8. The SMILES string of the molecule is Cl.N#Cc1c(-c2cccc(NC(=O)[C@H](N)Cc3ccccc3)c2)cc(-c2ccc(F)cc2O)nc1NC(=O)c1ccco1. The maximum atomic E-state index is 13.7. The zero-order valence-corrected chi connectivity index (χ0v) is 23.3. The topological polar surface area (TPSA) is 154 Å². The van der Waals surface area contributed by atoms with Crippen LogP contribution in [0.1, 0.15) is 21.7 Å². The van der Waals surface area contributed by atoms with Crippen molar-refractivity contribution in [3.05, 3.63) is 120 Å². The number of hydrogen-bond acceptors (Lipinski definition) is 7. The molecule has 11 heteroatoms. The Kier molecular flexibility index (Phi) is 9.52. The molecule has 0 aliphatic heterocycles. The number of aromatic nitrogens is 1. The standard InChI is InChI=1S/C32H24FN5O4.ClH/c33-21-11-12-23(28(39)16-21)27-17-24(25(18-34)30(37-27)38-32(41)29-10-5-13-42-29)20-8-4-9-22(15-20)36-31(40)26(35)14-19-6-2-1-3-7-19;/h1-13,15-17,26,39H,14,35H2,(H,36,40)(H,37,38,41);1H/t26-;/m1./s1. The maximum Gasteiger partial charge on any atom is 0.292 e. The summed E-state index contributed by atoms with van der Waals surface area (Å²) in [5, 5.41) is 26.0. The number of nitriles is 1. The van der Waals surface area contributed by atoms with Crippen LogP contribution in [0, 0.1) is 17.1 Å². The van der Waals surface area contributed by atoms with Crippen LogP contribution in [-0.4, -0.2) is 27.9 Å². The molecule has 0 unspecified atom stereocenters. The molecule has 0 fully saturated rings. The Morgan fingerprint density at radius 3 is 2.47 bits per heavy atom. The van der Waals surface area contributed by atoms with Crippen LogP contribution < -0.4 is 16.4 Å². The number of carbonyl (C=O) groups excluding carboxylic acids is 2. The second kappa shape index (κ2) is 13.4. The van der Waals surface area contributed by atoms with Crippen LogP contribution in [0.3, 0.4) is 0 Å². The van der Waals surface area contributed by atoms with Gasteiger partial charge >= 0.3 is 0 Å². The highest BCUT2D eigenvalue weighted by molar-refractivity contribution is 6.03. The fourth-order valence-corrected chi connectivity index (χ4v) is 4.37. The van der Waals surface area contributed by atoms with Gasteiger partial charge in [-0.1, -0.05) is 42.5 Å². The van der Waals surface area contributed by atoms with Crippen LogP contribution in [0.25, 0.3) is 22.4 Å². The average molecular weight is 598 g/mol. The van der Waals surface area contributed by atoms with Crippen molar-refractivity contribution < 1.29 is 23.5 Å². The molecule has 0 aliphatic carbocycles. The van der Waals surface area contributed by atoms with Crippen molar-refractivity contribution in [2.75, 3.05) is 10.6 Å². The minimum Gasteiger partial charge on any atom is -0.507 e. The maximum absolute atomic E-state index is 13.7. The average Bonchev–Trinajstić information content (AvgIpc) is 3.53. The lowest BCUT2D eigenvalue weighted by molar-refractivity contribution is -0.117. The van der Waals surface area contributed by atoms with Crippen molar-refractivity contribution in [2.24, 2.45) is 5.73 Å². The molecule has 2 heterocycles. The van der Waals surface area contributed by atoms with Crippen molar-refractivity contribution in [2.45, 2.75) is 12.5 Å². The number of pyridine rings is 1. The highest BCUT2D eigenvalue weighted by atomic mass is 35.5. The van der Waals surface area contributed by atoms with E-state index < -0.39 is 23.7 Å². The van der Waals surface area contributed by atoms with E-state index in [-0.39, 0.29) is 46.6 Å². The number of nitrogens with one attached hydrogen (secondary N) is 2. The largest absolute Gasteiger partial charge is 0.507 e. The number of nitrogens with zero attached hydrogens (tertiary/aromatic N) is 2.